The molecule has 0 spiro atoms. The van der Waals surface area contributed by atoms with Crippen LogP contribution in [0, 0.1) is 6.92 Å². The van der Waals surface area contributed by atoms with E-state index in [0.29, 0.717) is 45.6 Å². The van der Waals surface area contributed by atoms with E-state index in [9.17, 15) is 13.2 Å². The predicted octanol–water partition coefficient (Wildman–Crippen LogP) is 1.73. The van der Waals surface area contributed by atoms with Crippen molar-refractivity contribution in [2.75, 3.05) is 26.8 Å². The maximum absolute atomic E-state index is 12.8. The van der Waals surface area contributed by atoms with Gasteiger partial charge in [-0.05, 0) is 32.3 Å². The number of hydrogen-bond acceptors (Lipinski definition) is 5. The van der Waals surface area contributed by atoms with Gasteiger partial charge in [0, 0.05) is 32.7 Å². The van der Waals surface area contributed by atoms with E-state index in [-0.39, 0.29) is 17.4 Å². The van der Waals surface area contributed by atoms with Gasteiger partial charge in [-0.25, -0.2) is 22.2 Å². The van der Waals surface area contributed by atoms with Crippen molar-refractivity contribution in [1.29, 1.82) is 0 Å². The molecule has 1 aromatic heterocycles. The van der Waals surface area contributed by atoms with Gasteiger partial charge in [0.25, 0.3) is 0 Å². The van der Waals surface area contributed by atoms with Crippen LogP contribution in [0.1, 0.15) is 42.6 Å². The summed E-state index contributed by atoms with van der Waals surface area (Å²) in [5.74, 6) is 0.853. The highest BCUT2D eigenvalue weighted by atomic mass is 32.2. The summed E-state index contributed by atoms with van der Waals surface area (Å²) in [4.78, 5) is 12.5. The molecule has 0 bridgehead atoms. The molecule has 1 aliphatic heterocycles. The van der Waals surface area contributed by atoms with Crippen LogP contribution >= 0.6 is 0 Å². The van der Waals surface area contributed by atoms with Crippen LogP contribution in [0.25, 0.3) is 0 Å². The zero-order valence-corrected chi connectivity index (χ0v) is 18.2. The summed E-state index contributed by atoms with van der Waals surface area (Å²) in [6.45, 7) is 6.17. The molecule has 1 aliphatic rings. The van der Waals surface area contributed by atoms with Gasteiger partial charge in [-0.3, -0.25) is 4.57 Å². The number of ether oxygens (including phenoxy) is 1. The van der Waals surface area contributed by atoms with E-state index >= 15 is 0 Å². The summed E-state index contributed by atoms with van der Waals surface area (Å²) in [5.41, 5.74) is 1.73. The van der Waals surface area contributed by atoms with Gasteiger partial charge < -0.3 is 4.74 Å². The molecule has 0 aliphatic carbocycles. The molecule has 0 N–H and O–H groups in total. The van der Waals surface area contributed by atoms with Crippen molar-refractivity contribution in [2.45, 2.75) is 51.4 Å². The molecule has 1 fully saturated rings. The topological polar surface area (TPSA) is 86.4 Å². The fourth-order valence-electron chi connectivity index (χ4n) is 3.88. The van der Waals surface area contributed by atoms with E-state index in [4.69, 9.17) is 4.74 Å². The molecule has 2 heterocycles. The second kappa shape index (κ2) is 9.23. The Hall–Kier alpha value is -1.97. The van der Waals surface area contributed by atoms with E-state index in [1.54, 1.807) is 16.0 Å². The van der Waals surface area contributed by atoms with Crippen LogP contribution in [-0.2, 0) is 33.6 Å². The van der Waals surface area contributed by atoms with Crippen LogP contribution < -0.4 is 5.69 Å². The highest BCUT2D eigenvalue weighted by molar-refractivity contribution is 7.88. The third-order valence-corrected chi connectivity index (χ3v) is 7.27. The van der Waals surface area contributed by atoms with E-state index in [2.05, 4.69) is 5.10 Å². The first kappa shape index (κ1) is 21.7. The molecule has 8 nitrogen and oxygen atoms in total. The Bertz CT molecular complexity index is 988. The number of methoxy groups -OCH3 is 1. The van der Waals surface area contributed by atoms with Gasteiger partial charge in [0.05, 0.1) is 18.9 Å². The third kappa shape index (κ3) is 4.96. The van der Waals surface area contributed by atoms with E-state index < -0.39 is 10.0 Å². The fourth-order valence-corrected chi connectivity index (χ4v) is 5.43. The van der Waals surface area contributed by atoms with Crippen molar-refractivity contribution >= 4 is 10.0 Å². The molecule has 0 amide bonds. The lowest BCUT2D eigenvalue weighted by molar-refractivity contribution is 0.182. The molecule has 160 valence electrons. The number of aromatic nitrogens is 3. The van der Waals surface area contributed by atoms with Crippen molar-refractivity contribution < 1.29 is 13.2 Å². The van der Waals surface area contributed by atoms with Gasteiger partial charge in [-0.15, -0.1) is 0 Å². The number of aryl methyl sites for hydroxylation is 1. The minimum atomic E-state index is -3.37. The summed E-state index contributed by atoms with van der Waals surface area (Å²) < 4.78 is 35.5. The van der Waals surface area contributed by atoms with Gasteiger partial charge in [0.2, 0.25) is 10.0 Å². The molecular weight excluding hydrogens is 392 g/mol. The Balaban J connectivity index is 1.69. The van der Waals surface area contributed by atoms with Crippen molar-refractivity contribution in [1.82, 2.24) is 18.7 Å². The van der Waals surface area contributed by atoms with Gasteiger partial charge in [-0.1, -0.05) is 29.8 Å². The fraction of sp³-hybridized carbons (Fsp3) is 0.600. The zero-order valence-electron chi connectivity index (χ0n) is 17.4. The first-order chi connectivity index (χ1) is 13.9. The minimum absolute atomic E-state index is 0.0185. The molecule has 29 heavy (non-hydrogen) atoms. The molecule has 0 atom stereocenters. The number of nitrogens with zero attached hydrogens (tertiary/aromatic N) is 4. The van der Waals surface area contributed by atoms with Crippen LogP contribution in [0.5, 0.6) is 0 Å². The Labute approximate surface area is 172 Å². The minimum Gasteiger partial charge on any atom is -0.383 e. The highest BCUT2D eigenvalue weighted by Crippen LogP contribution is 2.28. The van der Waals surface area contributed by atoms with Gasteiger partial charge in [-0.2, -0.15) is 5.10 Å². The number of rotatable bonds is 8. The number of benzene rings is 1. The Morgan fingerprint density at radius 3 is 2.59 bits per heavy atom. The third-order valence-electron chi connectivity index (χ3n) is 5.42. The summed E-state index contributed by atoms with van der Waals surface area (Å²) in [6, 6.07) is 7.61. The van der Waals surface area contributed by atoms with E-state index in [1.807, 2.05) is 38.1 Å². The van der Waals surface area contributed by atoms with Crippen LogP contribution in [0.15, 0.2) is 29.1 Å². The van der Waals surface area contributed by atoms with Gasteiger partial charge in [0.15, 0.2) is 0 Å². The number of hydrogen-bond donors (Lipinski definition) is 0. The second-order valence-electron chi connectivity index (χ2n) is 7.52. The van der Waals surface area contributed by atoms with Crippen molar-refractivity contribution in [3.05, 3.63) is 51.7 Å². The molecular formula is C20H30N4O4S. The maximum atomic E-state index is 12.8. The summed E-state index contributed by atoms with van der Waals surface area (Å²) in [7, 11) is -1.77. The maximum Gasteiger partial charge on any atom is 0.345 e. The van der Waals surface area contributed by atoms with E-state index in [0.717, 1.165) is 17.0 Å². The SMILES string of the molecule is CCn1c(C2CCN(S(=O)(=O)Cc3cccc(C)c3)CC2)nn(CCOC)c1=O. The van der Waals surface area contributed by atoms with Crippen LogP contribution in [0.3, 0.4) is 0 Å². The molecule has 3 rings (SSSR count). The number of sulfonamides is 1. The predicted molar refractivity (Wildman–Crippen MR) is 111 cm³/mol. The summed E-state index contributed by atoms with van der Waals surface area (Å²) >= 11 is 0. The molecule has 0 unspecified atom stereocenters. The molecule has 1 saturated heterocycles. The average Bonchev–Trinajstić information content (AvgIpc) is 3.01. The lowest BCUT2D eigenvalue weighted by Gasteiger charge is -2.30. The monoisotopic (exact) mass is 422 g/mol. The summed E-state index contributed by atoms with van der Waals surface area (Å²) in [5, 5.41) is 4.53. The second-order valence-corrected chi connectivity index (χ2v) is 9.49. The Kier molecular flexibility index (Phi) is 6.92. The molecule has 1 aromatic carbocycles. The Morgan fingerprint density at radius 2 is 1.97 bits per heavy atom. The highest BCUT2D eigenvalue weighted by Gasteiger charge is 2.31. The first-order valence-corrected chi connectivity index (χ1v) is 11.7. The smallest absolute Gasteiger partial charge is 0.345 e. The van der Waals surface area contributed by atoms with Crippen molar-refractivity contribution in [3.8, 4) is 0 Å². The van der Waals surface area contributed by atoms with Crippen LogP contribution in [0.2, 0.25) is 0 Å². The molecule has 0 saturated carbocycles. The largest absolute Gasteiger partial charge is 0.383 e. The van der Waals surface area contributed by atoms with Crippen LogP contribution in [-0.4, -0.2) is 53.9 Å². The van der Waals surface area contributed by atoms with Crippen molar-refractivity contribution in [2.24, 2.45) is 0 Å². The molecule has 0 radical (unpaired) electrons. The standard InChI is InChI=1S/C20H30N4O4S/c1-4-23-19(21-24(20(23)25)12-13-28-3)18-8-10-22(11-9-18)29(26,27)15-17-7-5-6-16(2)14-17/h5-7,14,18H,4,8-13,15H2,1-3H3. The van der Waals surface area contributed by atoms with Crippen molar-refractivity contribution in [3.63, 3.8) is 0 Å². The van der Waals surface area contributed by atoms with Crippen LogP contribution in [0.4, 0.5) is 0 Å². The lowest BCUT2D eigenvalue weighted by Crippen LogP contribution is -2.39. The Morgan fingerprint density at radius 1 is 1.24 bits per heavy atom. The zero-order chi connectivity index (χ0) is 21.0. The number of piperidine rings is 1. The lowest BCUT2D eigenvalue weighted by atomic mass is 9.97. The first-order valence-electron chi connectivity index (χ1n) is 10.1. The van der Waals surface area contributed by atoms with Gasteiger partial charge >= 0.3 is 5.69 Å². The normalized spacial score (nSPS) is 16.4. The quantitative estimate of drug-likeness (QED) is 0.647. The summed E-state index contributed by atoms with van der Waals surface area (Å²) in [6.07, 6.45) is 1.32. The average molecular weight is 423 g/mol. The molecule has 2 aromatic rings. The molecule has 9 heteroatoms. The van der Waals surface area contributed by atoms with E-state index in [1.165, 1.54) is 4.68 Å². The van der Waals surface area contributed by atoms with Gasteiger partial charge in [0.1, 0.15) is 5.82 Å².